The number of benzene rings is 3. The second-order valence-electron chi connectivity index (χ2n) is 7.48. The summed E-state index contributed by atoms with van der Waals surface area (Å²) in [5.41, 5.74) is 1.87. The Morgan fingerprint density at radius 3 is 2.57 bits per heavy atom. The predicted octanol–water partition coefficient (Wildman–Crippen LogP) is 4.98. The van der Waals surface area contributed by atoms with Gasteiger partial charge in [0.05, 0.1) is 19.3 Å². The van der Waals surface area contributed by atoms with Crippen molar-refractivity contribution < 1.29 is 14.3 Å². The third kappa shape index (κ3) is 3.09. The van der Waals surface area contributed by atoms with E-state index < -0.39 is 0 Å². The van der Waals surface area contributed by atoms with Crippen LogP contribution < -0.4 is 9.47 Å². The summed E-state index contributed by atoms with van der Waals surface area (Å²) in [6, 6.07) is 20.3. The van der Waals surface area contributed by atoms with Gasteiger partial charge in [-0.25, -0.2) is 0 Å². The summed E-state index contributed by atoms with van der Waals surface area (Å²) in [5.74, 6) is 1.69. The summed E-state index contributed by atoms with van der Waals surface area (Å²) in [5, 5.41) is 2.25. The van der Waals surface area contributed by atoms with Crippen LogP contribution in [-0.4, -0.2) is 30.6 Å². The number of likely N-dealkylation sites (tertiary alicyclic amines) is 1. The molecule has 142 valence electrons. The van der Waals surface area contributed by atoms with Gasteiger partial charge in [0.15, 0.2) is 11.5 Å². The molecule has 0 radical (unpaired) electrons. The number of ether oxygens (including phenoxy) is 2. The number of hydrogen-bond donors (Lipinski definition) is 0. The average Bonchev–Trinajstić information content (AvgIpc) is 3.11. The third-order valence-electron chi connectivity index (χ3n) is 5.67. The highest BCUT2D eigenvalue weighted by atomic mass is 16.5. The Bertz CT molecular complexity index is 1030. The van der Waals surface area contributed by atoms with Gasteiger partial charge in [0, 0.05) is 18.5 Å². The highest BCUT2D eigenvalue weighted by molar-refractivity contribution is 5.99. The lowest BCUT2D eigenvalue weighted by atomic mass is 10.0. The van der Waals surface area contributed by atoms with Crippen molar-refractivity contribution in [3.05, 3.63) is 71.8 Å². The van der Waals surface area contributed by atoms with Crippen LogP contribution in [0.25, 0.3) is 10.8 Å². The first kappa shape index (κ1) is 17.1. The summed E-state index contributed by atoms with van der Waals surface area (Å²) in [4.78, 5) is 15.3. The molecule has 0 spiro atoms. The number of amides is 1. The van der Waals surface area contributed by atoms with Gasteiger partial charge in [-0.15, -0.1) is 0 Å². The molecule has 0 unspecified atom stereocenters. The van der Waals surface area contributed by atoms with Crippen LogP contribution in [0.4, 0.5) is 0 Å². The topological polar surface area (TPSA) is 38.8 Å². The van der Waals surface area contributed by atoms with Gasteiger partial charge >= 0.3 is 0 Å². The average molecular weight is 373 g/mol. The minimum Gasteiger partial charge on any atom is -0.490 e. The number of nitrogens with zero attached hydrogens (tertiary/aromatic N) is 1. The molecule has 3 aromatic carbocycles. The molecule has 1 fully saturated rings. The highest BCUT2D eigenvalue weighted by Crippen LogP contribution is 2.38. The number of rotatable bonds is 2. The number of carbonyl (C=O) groups is 1. The van der Waals surface area contributed by atoms with Crippen molar-refractivity contribution in [2.75, 3.05) is 19.8 Å². The van der Waals surface area contributed by atoms with Crippen molar-refractivity contribution in [1.82, 2.24) is 4.90 Å². The Hall–Kier alpha value is -3.01. The van der Waals surface area contributed by atoms with E-state index in [0.29, 0.717) is 13.2 Å². The molecule has 0 aromatic heterocycles. The van der Waals surface area contributed by atoms with Gasteiger partial charge in [-0.1, -0.05) is 36.4 Å². The molecule has 28 heavy (non-hydrogen) atoms. The van der Waals surface area contributed by atoms with Gasteiger partial charge in [0.1, 0.15) is 0 Å². The molecule has 0 saturated carbocycles. The Morgan fingerprint density at radius 1 is 0.857 bits per heavy atom. The molecule has 3 aromatic rings. The van der Waals surface area contributed by atoms with Crippen molar-refractivity contribution in [2.45, 2.75) is 25.3 Å². The maximum atomic E-state index is 13.3. The van der Waals surface area contributed by atoms with E-state index in [9.17, 15) is 4.79 Å². The molecule has 4 heteroatoms. The van der Waals surface area contributed by atoms with Crippen molar-refractivity contribution in [1.29, 1.82) is 0 Å². The smallest absolute Gasteiger partial charge is 0.254 e. The molecule has 2 heterocycles. The lowest BCUT2D eigenvalue weighted by Crippen LogP contribution is -2.30. The van der Waals surface area contributed by atoms with E-state index in [1.165, 1.54) is 0 Å². The van der Waals surface area contributed by atoms with Crippen LogP contribution >= 0.6 is 0 Å². The normalized spacial score (nSPS) is 18.9. The molecular formula is C24H23NO3. The monoisotopic (exact) mass is 373 g/mol. The van der Waals surface area contributed by atoms with Crippen LogP contribution in [0.15, 0.2) is 60.7 Å². The molecule has 4 nitrogen and oxygen atoms in total. The fourth-order valence-electron chi connectivity index (χ4n) is 4.23. The largest absolute Gasteiger partial charge is 0.490 e. The second-order valence-corrected chi connectivity index (χ2v) is 7.48. The molecule has 0 bridgehead atoms. The van der Waals surface area contributed by atoms with E-state index in [1.807, 2.05) is 41.3 Å². The quantitative estimate of drug-likeness (QED) is 0.636. The van der Waals surface area contributed by atoms with Crippen molar-refractivity contribution in [3.63, 3.8) is 0 Å². The first-order valence-electron chi connectivity index (χ1n) is 9.99. The molecular weight excluding hydrogens is 350 g/mol. The molecule has 1 saturated heterocycles. The number of hydrogen-bond acceptors (Lipinski definition) is 3. The molecule has 2 aliphatic heterocycles. The lowest BCUT2D eigenvalue weighted by Gasteiger charge is -2.26. The van der Waals surface area contributed by atoms with Gasteiger partial charge in [-0.2, -0.15) is 0 Å². The van der Waals surface area contributed by atoms with Gasteiger partial charge < -0.3 is 14.4 Å². The van der Waals surface area contributed by atoms with Gasteiger partial charge in [-0.3, -0.25) is 4.79 Å². The minimum absolute atomic E-state index is 0.0797. The van der Waals surface area contributed by atoms with E-state index in [0.717, 1.165) is 59.2 Å². The van der Waals surface area contributed by atoms with Gasteiger partial charge in [0.2, 0.25) is 0 Å². The summed E-state index contributed by atoms with van der Waals surface area (Å²) >= 11 is 0. The predicted molar refractivity (Wildman–Crippen MR) is 109 cm³/mol. The first-order valence-corrected chi connectivity index (χ1v) is 9.99. The highest BCUT2D eigenvalue weighted by Gasteiger charge is 2.31. The van der Waals surface area contributed by atoms with Gasteiger partial charge in [0.25, 0.3) is 5.91 Å². The van der Waals surface area contributed by atoms with Gasteiger partial charge in [-0.05, 0) is 53.4 Å². The Kier molecular flexibility index (Phi) is 4.40. The Balaban J connectivity index is 1.44. The van der Waals surface area contributed by atoms with Crippen LogP contribution in [-0.2, 0) is 0 Å². The van der Waals surface area contributed by atoms with Crippen LogP contribution in [0, 0.1) is 0 Å². The molecule has 1 atom stereocenters. The summed E-state index contributed by atoms with van der Waals surface area (Å²) in [6.45, 7) is 2.13. The molecule has 5 rings (SSSR count). The Morgan fingerprint density at radius 2 is 1.68 bits per heavy atom. The van der Waals surface area contributed by atoms with Crippen LogP contribution in [0.1, 0.15) is 41.2 Å². The maximum absolute atomic E-state index is 13.3. The van der Waals surface area contributed by atoms with E-state index >= 15 is 0 Å². The van der Waals surface area contributed by atoms with Crippen LogP contribution in [0.5, 0.6) is 11.5 Å². The molecule has 0 N–H and O–H groups in total. The lowest BCUT2D eigenvalue weighted by molar-refractivity contribution is 0.0735. The molecule has 1 amide bonds. The van der Waals surface area contributed by atoms with E-state index in [-0.39, 0.29) is 11.9 Å². The van der Waals surface area contributed by atoms with E-state index in [4.69, 9.17) is 9.47 Å². The fourth-order valence-corrected chi connectivity index (χ4v) is 4.23. The Labute approximate surface area is 164 Å². The van der Waals surface area contributed by atoms with Crippen molar-refractivity contribution in [3.8, 4) is 11.5 Å². The molecule has 0 aliphatic carbocycles. The zero-order valence-corrected chi connectivity index (χ0v) is 15.8. The van der Waals surface area contributed by atoms with E-state index in [2.05, 4.69) is 24.3 Å². The van der Waals surface area contributed by atoms with E-state index in [1.54, 1.807) is 0 Å². The number of fused-ring (bicyclic) bond motifs is 2. The molecule has 2 aliphatic rings. The zero-order chi connectivity index (χ0) is 18.9. The summed E-state index contributed by atoms with van der Waals surface area (Å²) in [6.07, 6.45) is 2.87. The third-order valence-corrected chi connectivity index (χ3v) is 5.67. The SMILES string of the molecule is O=C(c1ccc2ccccc2c1)N1CCC[C@H]1c1ccc2c(c1)OCCCO2. The maximum Gasteiger partial charge on any atom is 0.254 e. The van der Waals surface area contributed by atoms with Crippen molar-refractivity contribution >= 4 is 16.7 Å². The summed E-state index contributed by atoms with van der Waals surface area (Å²) in [7, 11) is 0. The first-order chi connectivity index (χ1) is 13.8. The summed E-state index contributed by atoms with van der Waals surface area (Å²) < 4.78 is 11.6. The minimum atomic E-state index is 0.0797. The van der Waals surface area contributed by atoms with Crippen molar-refractivity contribution in [2.24, 2.45) is 0 Å². The standard InChI is InChI=1S/C24H23NO3/c26-24(20-9-8-17-5-1-2-6-18(17)15-20)25-12-3-7-21(25)19-10-11-22-23(16-19)28-14-4-13-27-22/h1-2,5-6,8-11,15-16,21H,3-4,7,12-14H2/t21-/m0/s1. The number of carbonyl (C=O) groups excluding carboxylic acids is 1. The van der Waals surface area contributed by atoms with Crippen LogP contribution in [0.3, 0.4) is 0 Å². The second kappa shape index (κ2) is 7.19. The fraction of sp³-hybridized carbons (Fsp3) is 0.292. The zero-order valence-electron chi connectivity index (χ0n) is 15.8. The van der Waals surface area contributed by atoms with Crippen LogP contribution in [0.2, 0.25) is 0 Å².